The molecule has 1 unspecified atom stereocenters. The molecule has 13 nitrogen and oxygen atoms in total. The van der Waals surface area contributed by atoms with E-state index < -0.39 is 43.5 Å². The number of aromatic nitrogens is 5. The molecule has 3 aromatic heterocycles. The molecule has 0 radical (unpaired) electrons. The van der Waals surface area contributed by atoms with Crippen molar-refractivity contribution in [2.24, 2.45) is 5.41 Å². The van der Waals surface area contributed by atoms with Crippen LogP contribution in [0.4, 0.5) is 24.8 Å². The van der Waals surface area contributed by atoms with Crippen molar-refractivity contribution in [1.82, 2.24) is 29.0 Å². The molecule has 18 heteroatoms. The summed E-state index contributed by atoms with van der Waals surface area (Å²) in [7, 11) is -6.23. The lowest BCUT2D eigenvalue weighted by Crippen LogP contribution is -2.38. The summed E-state index contributed by atoms with van der Waals surface area (Å²) in [5.74, 6) is 0.409. The van der Waals surface area contributed by atoms with E-state index in [0.717, 1.165) is 45.1 Å². The van der Waals surface area contributed by atoms with Crippen molar-refractivity contribution in [3.8, 4) is 23.0 Å². The molecule has 1 fully saturated rings. The Labute approximate surface area is 301 Å². The number of fused-ring (bicyclic) bond motifs is 6. The third-order valence-corrected chi connectivity index (χ3v) is 12.9. The van der Waals surface area contributed by atoms with Crippen LogP contribution in [0.15, 0.2) is 66.0 Å². The smallest absolute Gasteiger partial charge is 0.397 e. The van der Waals surface area contributed by atoms with E-state index in [4.69, 9.17) is 9.72 Å². The minimum absolute atomic E-state index is 0.0498. The van der Waals surface area contributed by atoms with Crippen molar-refractivity contribution in [2.75, 3.05) is 42.9 Å². The van der Waals surface area contributed by atoms with E-state index in [0.29, 0.717) is 43.0 Å². The molecule has 5 heterocycles. The van der Waals surface area contributed by atoms with Gasteiger partial charge in [-0.05, 0) is 57.2 Å². The maximum absolute atomic E-state index is 13.8. The van der Waals surface area contributed by atoms with Crippen molar-refractivity contribution in [1.29, 1.82) is 0 Å². The Hall–Kier alpha value is -4.29. The summed E-state index contributed by atoms with van der Waals surface area (Å²) in [4.78, 5) is 15.5. The lowest BCUT2D eigenvalue weighted by Gasteiger charge is -2.27. The van der Waals surface area contributed by atoms with Crippen LogP contribution in [0.25, 0.3) is 17.1 Å². The predicted octanol–water partition coefficient (Wildman–Crippen LogP) is 5.45. The first-order valence-corrected chi connectivity index (χ1v) is 19.9. The average Bonchev–Trinajstić information content (AvgIpc) is 3.67. The van der Waals surface area contributed by atoms with Gasteiger partial charge in [0.15, 0.2) is 16.7 Å². The molecule has 280 valence electrons. The first kappa shape index (κ1) is 37.5. The zero-order valence-corrected chi connectivity index (χ0v) is 30.7. The second-order valence-electron chi connectivity index (χ2n) is 13.7. The van der Waals surface area contributed by atoms with E-state index in [1.54, 1.807) is 19.2 Å². The van der Waals surface area contributed by atoms with Gasteiger partial charge in [0, 0.05) is 44.5 Å². The Bertz CT molecular complexity index is 2130. The summed E-state index contributed by atoms with van der Waals surface area (Å²) >= 11 is 0. The summed E-state index contributed by atoms with van der Waals surface area (Å²) < 4.78 is 104. The molecule has 0 amide bonds. The maximum Gasteiger partial charge on any atom is 0.397 e. The number of alkyl halides is 3. The molecular weight excluding hydrogens is 722 g/mol. The highest BCUT2D eigenvalue weighted by Gasteiger charge is 2.48. The third-order valence-electron chi connectivity index (χ3n) is 9.37. The molecule has 2 aliphatic heterocycles. The van der Waals surface area contributed by atoms with Crippen LogP contribution in [0.1, 0.15) is 51.5 Å². The molecule has 4 bridgehead atoms. The van der Waals surface area contributed by atoms with E-state index >= 15 is 0 Å². The fourth-order valence-electron chi connectivity index (χ4n) is 6.07. The molecule has 1 saturated heterocycles. The Balaban J connectivity index is 1.36. The number of halogens is 3. The fraction of sp³-hybridized carbons (Fsp3) is 0.471. The Morgan fingerprint density at radius 3 is 2.46 bits per heavy atom. The zero-order chi connectivity index (χ0) is 37.3. The standard InChI is InChI=1S/C34H41F3N8O5S2/c1-33(2,34(35,36)37)23-50-29-17-20-45(41-29)32-31-26-13-8-7-12-24(26)11-6-4-5-9-18-44(22-25-16-19-43(3)52(25,48)49)28-14-10-15-30(40-28)51(46,47)42-27(39-31)21-38-32/h7-8,10,12-15,17,20-21,25H,4-6,9,11,16,18-19,22-23H2,1-3H3,(H,39,42). The number of pyridine rings is 1. The third kappa shape index (κ3) is 8.02. The van der Waals surface area contributed by atoms with Crippen molar-refractivity contribution >= 4 is 31.7 Å². The fourth-order valence-corrected chi connectivity index (χ4v) is 8.66. The first-order chi connectivity index (χ1) is 24.5. The van der Waals surface area contributed by atoms with Gasteiger partial charge in [-0.15, -0.1) is 5.10 Å². The largest absolute Gasteiger partial charge is 0.476 e. The van der Waals surface area contributed by atoms with Gasteiger partial charge in [-0.2, -0.15) is 21.6 Å². The summed E-state index contributed by atoms with van der Waals surface area (Å²) in [5, 5.41) is 3.40. The van der Waals surface area contributed by atoms with Crippen LogP contribution in [-0.2, 0) is 26.5 Å². The van der Waals surface area contributed by atoms with Crippen molar-refractivity contribution in [3.63, 3.8) is 0 Å². The number of anilines is 2. The molecule has 1 aromatic carbocycles. The van der Waals surface area contributed by atoms with Crippen LogP contribution in [0.2, 0.25) is 0 Å². The predicted molar refractivity (Wildman–Crippen MR) is 189 cm³/mol. The van der Waals surface area contributed by atoms with Gasteiger partial charge in [-0.25, -0.2) is 32.4 Å². The van der Waals surface area contributed by atoms with Crippen molar-refractivity contribution < 1.29 is 34.7 Å². The van der Waals surface area contributed by atoms with E-state index in [9.17, 15) is 30.0 Å². The summed E-state index contributed by atoms with van der Waals surface area (Å²) in [6.45, 7) is 2.53. The van der Waals surface area contributed by atoms with Crippen LogP contribution in [0.5, 0.6) is 5.88 Å². The van der Waals surface area contributed by atoms with Crippen LogP contribution in [0, 0.1) is 5.41 Å². The summed E-state index contributed by atoms with van der Waals surface area (Å²) in [5.41, 5.74) is -0.204. The SMILES string of the molecule is CN1CCC(CN2CCCCCCc3ccccc3-c3nc(cnc3-n3ccc(OCC(C)(C)C(F)(F)F)n3)NS(=O)(=O)c3cccc2n3)S1(=O)=O. The molecule has 6 rings (SSSR count). The molecule has 4 aromatic rings. The van der Waals surface area contributed by atoms with Gasteiger partial charge in [0.25, 0.3) is 10.0 Å². The highest BCUT2D eigenvalue weighted by Crippen LogP contribution is 2.38. The molecule has 0 spiro atoms. The average molecular weight is 763 g/mol. The van der Waals surface area contributed by atoms with Gasteiger partial charge in [-0.1, -0.05) is 43.2 Å². The van der Waals surface area contributed by atoms with Crippen molar-refractivity contribution in [3.05, 3.63) is 66.5 Å². The number of nitrogens with one attached hydrogen (secondary N) is 1. The zero-order valence-electron chi connectivity index (χ0n) is 29.0. The monoisotopic (exact) mass is 762 g/mol. The summed E-state index contributed by atoms with van der Waals surface area (Å²) in [6.07, 6.45) is 2.66. The molecule has 0 saturated carbocycles. The number of aryl methyl sites for hydroxylation is 1. The Kier molecular flexibility index (Phi) is 10.5. The number of ether oxygens (including phenoxy) is 1. The van der Waals surface area contributed by atoms with E-state index in [1.165, 1.54) is 33.5 Å². The Morgan fingerprint density at radius 2 is 1.71 bits per heavy atom. The number of rotatable bonds is 6. The quantitative estimate of drug-likeness (QED) is 0.269. The lowest BCUT2D eigenvalue weighted by molar-refractivity contribution is -0.219. The second-order valence-corrected chi connectivity index (χ2v) is 17.6. The van der Waals surface area contributed by atoms with Gasteiger partial charge in [0.05, 0.1) is 16.9 Å². The molecule has 52 heavy (non-hydrogen) atoms. The normalized spacial score (nSPS) is 19.7. The van der Waals surface area contributed by atoms with Crippen LogP contribution < -0.4 is 14.4 Å². The topological polar surface area (TPSA) is 153 Å². The van der Waals surface area contributed by atoms with E-state index in [1.807, 2.05) is 29.2 Å². The van der Waals surface area contributed by atoms with Gasteiger partial charge >= 0.3 is 6.18 Å². The van der Waals surface area contributed by atoms with Crippen molar-refractivity contribution in [2.45, 2.75) is 68.8 Å². The molecule has 1 N–H and O–H groups in total. The van der Waals surface area contributed by atoms with Crippen LogP contribution >= 0.6 is 0 Å². The first-order valence-electron chi connectivity index (χ1n) is 17.0. The number of hydrogen-bond acceptors (Lipinski definition) is 10. The van der Waals surface area contributed by atoms with Crippen LogP contribution in [0.3, 0.4) is 0 Å². The van der Waals surface area contributed by atoms with Gasteiger partial charge in [0.2, 0.25) is 15.9 Å². The number of benzene rings is 1. The Morgan fingerprint density at radius 1 is 0.942 bits per heavy atom. The van der Waals surface area contributed by atoms with E-state index in [-0.39, 0.29) is 29.1 Å². The highest BCUT2D eigenvalue weighted by atomic mass is 32.2. The number of hydrogen-bond donors (Lipinski definition) is 1. The number of sulfonamides is 2. The van der Waals surface area contributed by atoms with Gasteiger partial charge in [0.1, 0.15) is 18.1 Å². The maximum atomic E-state index is 13.8. The molecular formula is C34H41F3N8O5S2. The van der Waals surface area contributed by atoms with E-state index in [2.05, 4.69) is 19.8 Å². The minimum Gasteiger partial charge on any atom is -0.476 e. The van der Waals surface area contributed by atoms with Crippen LogP contribution in [-0.4, -0.2) is 90.6 Å². The summed E-state index contributed by atoms with van der Waals surface area (Å²) in [6, 6.07) is 13.5. The van der Waals surface area contributed by atoms with Gasteiger partial charge < -0.3 is 9.64 Å². The molecule has 0 aliphatic carbocycles. The lowest BCUT2D eigenvalue weighted by atomic mass is 9.94. The van der Waals surface area contributed by atoms with Gasteiger partial charge in [-0.3, -0.25) is 4.72 Å². The molecule has 2 aliphatic rings. The number of nitrogens with zero attached hydrogens (tertiary/aromatic N) is 7. The second kappa shape index (κ2) is 14.6. The molecule has 1 atom stereocenters. The minimum atomic E-state index is -4.48. The highest BCUT2D eigenvalue weighted by molar-refractivity contribution is 7.92.